The van der Waals surface area contributed by atoms with Crippen LogP contribution in [0.4, 0.5) is 0 Å². The molecule has 0 aliphatic carbocycles. The highest BCUT2D eigenvalue weighted by Crippen LogP contribution is 2.53. The van der Waals surface area contributed by atoms with Gasteiger partial charge in [0.1, 0.15) is 11.5 Å². The van der Waals surface area contributed by atoms with E-state index >= 15 is 0 Å². The minimum atomic E-state index is -0.545. The van der Waals surface area contributed by atoms with Crippen LogP contribution in [0.5, 0.6) is 34.5 Å². The molecule has 0 radical (unpaired) electrons. The minimum Gasteiger partial charge on any atom is -0.507 e. The molecule has 7 heteroatoms. The zero-order chi connectivity index (χ0) is 13.9. The van der Waals surface area contributed by atoms with Gasteiger partial charge in [-0.2, -0.15) is 0 Å². The minimum absolute atomic E-state index is 0.0188. The largest absolute Gasteiger partial charge is 0.507 e. The predicted molar refractivity (Wildman–Crippen MR) is 69.3 cm³/mol. The first-order valence-corrected chi connectivity index (χ1v) is 5.97. The van der Waals surface area contributed by atoms with E-state index in [9.17, 15) is 30.6 Å². The predicted octanol–water partition coefficient (Wildman–Crippen LogP) is 2.29. The van der Waals surface area contributed by atoms with Crippen LogP contribution >= 0.6 is 11.3 Å². The molecule has 0 aliphatic heterocycles. The van der Waals surface area contributed by atoms with E-state index in [1.165, 1.54) is 0 Å². The average Bonchev–Trinajstić information content (AvgIpc) is 2.75. The molecule has 98 valence electrons. The van der Waals surface area contributed by atoms with Gasteiger partial charge in [-0.05, 0) is 0 Å². The van der Waals surface area contributed by atoms with Crippen LogP contribution in [0.1, 0.15) is 0 Å². The second-order valence-electron chi connectivity index (χ2n) is 4.04. The van der Waals surface area contributed by atoms with Gasteiger partial charge in [0.25, 0.3) is 0 Å². The van der Waals surface area contributed by atoms with Crippen LogP contribution in [-0.2, 0) is 0 Å². The van der Waals surface area contributed by atoms with E-state index in [2.05, 4.69) is 0 Å². The van der Waals surface area contributed by atoms with Crippen LogP contribution in [0, 0.1) is 0 Å². The summed E-state index contributed by atoms with van der Waals surface area (Å²) in [5, 5.41) is 58.2. The molecule has 3 aromatic rings. The Morgan fingerprint density at radius 1 is 0.579 bits per heavy atom. The van der Waals surface area contributed by atoms with Gasteiger partial charge in [-0.25, -0.2) is 0 Å². The second-order valence-corrected chi connectivity index (χ2v) is 5.06. The smallest absolute Gasteiger partial charge is 0.175 e. The molecule has 0 fully saturated rings. The Balaban J connectivity index is 2.69. The molecular formula is C12H8O6S. The number of benzene rings is 2. The number of aromatic hydroxyl groups is 6. The van der Waals surface area contributed by atoms with Crippen molar-refractivity contribution >= 4 is 31.5 Å². The summed E-state index contributed by atoms with van der Waals surface area (Å²) in [5.74, 6) is -2.72. The summed E-state index contributed by atoms with van der Waals surface area (Å²) in [6, 6.07) is 1.88. The van der Waals surface area contributed by atoms with Crippen molar-refractivity contribution in [1.82, 2.24) is 0 Å². The first-order chi connectivity index (χ1) is 8.91. The van der Waals surface area contributed by atoms with Crippen LogP contribution in [0.25, 0.3) is 20.2 Å². The lowest BCUT2D eigenvalue weighted by molar-refractivity contribution is 0.401. The molecule has 3 rings (SSSR count). The van der Waals surface area contributed by atoms with Gasteiger partial charge in [0.05, 0.1) is 20.2 Å². The van der Waals surface area contributed by atoms with Crippen molar-refractivity contribution in [3.8, 4) is 34.5 Å². The van der Waals surface area contributed by atoms with Crippen LogP contribution in [0.3, 0.4) is 0 Å². The van der Waals surface area contributed by atoms with Crippen LogP contribution in [-0.4, -0.2) is 30.6 Å². The molecular weight excluding hydrogens is 272 g/mol. The van der Waals surface area contributed by atoms with Gasteiger partial charge >= 0.3 is 0 Å². The number of fused-ring (bicyclic) bond motifs is 3. The van der Waals surface area contributed by atoms with Crippen molar-refractivity contribution in [2.24, 2.45) is 0 Å². The number of rotatable bonds is 0. The number of phenolic OH excluding ortho intramolecular Hbond substituents is 6. The van der Waals surface area contributed by atoms with Crippen molar-refractivity contribution in [3.63, 3.8) is 0 Å². The normalized spacial score (nSPS) is 11.4. The van der Waals surface area contributed by atoms with E-state index in [0.717, 1.165) is 23.5 Å². The molecule has 0 unspecified atom stereocenters. The molecule has 6 N–H and O–H groups in total. The Hall–Kier alpha value is -2.54. The lowest BCUT2D eigenvalue weighted by Crippen LogP contribution is -1.75. The topological polar surface area (TPSA) is 121 Å². The molecule has 0 saturated carbocycles. The van der Waals surface area contributed by atoms with Crippen LogP contribution < -0.4 is 0 Å². The third kappa shape index (κ3) is 1.36. The Kier molecular flexibility index (Phi) is 2.12. The molecule has 0 saturated heterocycles. The van der Waals surface area contributed by atoms with E-state index in [0.29, 0.717) is 0 Å². The van der Waals surface area contributed by atoms with Gasteiger partial charge in [0, 0.05) is 12.1 Å². The highest BCUT2D eigenvalue weighted by Gasteiger charge is 2.22. The lowest BCUT2D eigenvalue weighted by Gasteiger charge is -2.04. The van der Waals surface area contributed by atoms with Gasteiger partial charge in [-0.3, -0.25) is 0 Å². The van der Waals surface area contributed by atoms with E-state index in [-0.39, 0.29) is 31.7 Å². The van der Waals surface area contributed by atoms with Crippen molar-refractivity contribution in [2.75, 3.05) is 0 Å². The molecule has 0 aliphatic rings. The third-order valence-corrected chi connectivity index (χ3v) is 4.10. The van der Waals surface area contributed by atoms with Crippen LogP contribution in [0.2, 0.25) is 0 Å². The Morgan fingerprint density at radius 2 is 1.16 bits per heavy atom. The monoisotopic (exact) mass is 280 g/mol. The SMILES string of the molecule is Oc1cc(O)c2c(sc3c(O)cc(O)c(O)c32)c1O. The first kappa shape index (κ1) is 11.5. The molecule has 0 atom stereocenters. The van der Waals surface area contributed by atoms with E-state index in [1.54, 1.807) is 0 Å². The zero-order valence-corrected chi connectivity index (χ0v) is 10.1. The summed E-state index contributed by atoms with van der Waals surface area (Å²) in [6.07, 6.45) is 0. The number of hydrogen-bond donors (Lipinski definition) is 6. The molecule has 0 spiro atoms. The molecule has 6 nitrogen and oxygen atoms in total. The summed E-state index contributed by atoms with van der Waals surface area (Å²) in [4.78, 5) is 0. The number of phenols is 6. The fraction of sp³-hybridized carbons (Fsp3) is 0. The summed E-state index contributed by atoms with van der Waals surface area (Å²) < 4.78 is 0.283. The average molecular weight is 280 g/mol. The Labute approximate surface area is 109 Å². The van der Waals surface area contributed by atoms with Crippen LogP contribution in [0.15, 0.2) is 12.1 Å². The molecule has 0 amide bonds. The maximum absolute atomic E-state index is 9.84. The first-order valence-electron chi connectivity index (χ1n) is 5.15. The molecule has 1 heterocycles. The number of hydrogen-bond acceptors (Lipinski definition) is 7. The number of thiophene rings is 1. The Morgan fingerprint density at radius 3 is 1.84 bits per heavy atom. The summed E-state index contributed by atoms with van der Waals surface area (Å²) >= 11 is 0.875. The summed E-state index contributed by atoms with van der Waals surface area (Å²) in [6.45, 7) is 0. The third-order valence-electron chi connectivity index (χ3n) is 2.88. The van der Waals surface area contributed by atoms with Gasteiger partial charge in [-0.1, -0.05) is 0 Å². The maximum Gasteiger partial charge on any atom is 0.175 e. The summed E-state index contributed by atoms with van der Waals surface area (Å²) in [7, 11) is 0. The van der Waals surface area contributed by atoms with Gasteiger partial charge in [0.15, 0.2) is 23.0 Å². The maximum atomic E-state index is 9.84. The van der Waals surface area contributed by atoms with Crippen molar-refractivity contribution in [2.45, 2.75) is 0 Å². The molecule has 1 aromatic heterocycles. The fourth-order valence-electron chi connectivity index (χ4n) is 2.03. The van der Waals surface area contributed by atoms with Gasteiger partial charge in [-0.15, -0.1) is 11.3 Å². The fourth-order valence-corrected chi connectivity index (χ4v) is 3.20. The van der Waals surface area contributed by atoms with Gasteiger partial charge < -0.3 is 30.6 Å². The van der Waals surface area contributed by atoms with Crippen molar-refractivity contribution in [3.05, 3.63) is 12.1 Å². The lowest BCUT2D eigenvalue weighted by atomic mass is 10.1. The van der Waals surface area contributed by atoms with Crippen molar-refractivity contribution < 1.29 is 30.6 Å². The standard InChI is InChI=1S/C12H8O6S/c13-3-1-5(15)10(18)12-7(3)8-9(17)4(14)2-6(16)11(8)19-12/h1-2,13-18H. The highest BCUT2D eigenvalue weighted by molar-refractivity contribution is 7.26. The van der Waals surface area contributed by atoms with E-state index < -0.39 is 23.0 Å². The summed E-state index contributed by atoms with van der Waals surface area (Å²) in [5.41, 5.74) is 0. The molecule has 0 bridgehead atoms. The highest BCUT2D eigenvalue weighted by atomic mass is 32.1. The van der Waals surface area contributed by atoms with Gasteiger partial charge in [0.2, 0.25) is 0 Å². The van der Waals surface area contributed by atoms with E-state index in [1.807, 2.05) is 0 Å². The zero-order valence-electron chi connectivity index (χ0n) is 9.25. The van der Waals surface area contributed by atoms with E-state index in [4.69, 9.17) is 0 Å². The molecule has 19 heavy (non-hydrogen) atoms. The molecule has 2 aromatic carbocycles. The second kappa shape index (κ2) is 3.48. The van der Waals surface area contributed by atoms with Crippen molar-refractivity contribution in [1.29, 1.82) is 0 Å². The quantitative estimate of drug-likeness (QED) is 0.277. The Bertz CT molecular complexity index is 836.